The van der Waals surface area contributed by atoms with Gasteiger partial charge in [0.1, 0.15) is 5.00 Å². The number of thiophene rings is 1. The van der Waals surface area contributed by atoms with Crippen LogP contribution in [-0.2, 0) is 29.4 Å². The van der Waals surface area contributed by atoms with Gasteiger partial charge in [0.2, 0.25) is 5.91 Å². The summed E-state index contributed by atoms with van der Waals surface area (Å²) < 4.78 is 6.92. The van der Waals surface area contributed by atoms with E-state index in [-0.39, 0.29) is 11.9 Å². The van der Waals surface area contributed by atoms with Gasteiger partial charge in [-0.3, -0.25) is 9.48 Å². The predicted octanol–water partition coefficient (Wildman–Crippen LogP) is 3.11. The van der Waals surface area contributed by atoms with Crippen LogP contribution >= 0.6 is 11.3 Å². The second-order valence-electron chi connectivity index (χ2n) is 5.91. The van der Waals surface area contributed by atoms with Gasteiger partial charge in [0.05, 0.1) is 18.4 Å². The number of aryl methyl sites for hydroxylation is 2. The molecule has 1 aliphatic rings. The molecule has 1 amide bonds. The van der Waals surface area contributed by atoms with E-state index in [2.05, 4.69) is 10.4 Å². The van der Waals surface area contributed by atoms with Crippen molar-refractivity contribution in [1.29, 1.82) is 0 Å². The van der Waals surface area contributed by atoms with Crippen LogP contribution in [0.4, 0.5) is 5.00 Å². The molecule has 0 aromatic carbocycles. The Hall–Kier alpha value is -2.41. The lowest BCUT2D eigenvalue weighted by atomic mass is 10.1. The second-order valence-corrected chi connectivity index (χ2v) is 7.02. The van der Waals surface area contributed by atoms with Crippen molar-refractivity contribution in [1.82, 2.24) is 9.78 Å². The molecule has 0 radical (unpaired) electrons. The number of fused-ring (bicyclic) bond motifs is 1. The Kier molecular flexibility index (Phi) is 5.03. The van der Waals surface area contributed by atoms with E-state index in [4.69, 9.17) is 4.74 Å². The first-order chi connectivity index (χ1) is 12.0. The predicted molar refractivity (Wildman–Crippen MR) is 97.9 cm³/mol. The van der Waals surface area contributed by atoms with Crippen LogP contribution < -0.4 is 5.32 Å². The quantitative estimate of drug-likeness (QED) is 0.658. The van der Waals surface area contributed by atoms with E-state index in [1.165, 1.54) is 22.3 Å². The molecular formula is C18H21N3O3S. The Morgan fingerprint density at radius 2 is 2.24 bits per heavy atom. The first kappa shape index (κ1) is 17.4. The van der Waals surface area contributed by atoms with E-state index in [0.717, 1.165) is 36.1 Å². The van der Waals surface area contributed by atoms with Crippen LogP contribution in [0.5, 0.6) is 0 Å². The van der Waals surface area contributed by atoms with Crippen LogP contribution in [0.2, 0.25) is 0 Å². The molecule has 0 atom stereocenters. The molecule has 1 aliphatic carbocycles. The largest absolute Gasteiger partial charge is 0.462 e. The Morgan fingerprint density at radius 3 is 2.92 bits per heavy atom. The van der Waals surface area contributed by atoms with Crippen molar-refractivity contribution in [3.63, 3.8) is 0 Å². The van der Waals surface area contributed by atoms with Gasteiger partial charge < -0.3 is 10.1 Å². The number of hydrogen-bond acceptors (Lipinski definition) is 5. The first-order valence-corrected chi connectivity index (χ1v) is 9.12. The van der Waals surface area contributed by atoms with Crippen molar-refractivity contribution >= 4 is 34.3 Å². The fourth-order valence-corrected chi connectivity index (χ4v) is 4.19. The van der Waals surface area contributed by atoms with Gasteiger partial charge >= 0.3 is 5.97 Å². The van der Waals surface area contributed by atoms with Crippen molar-refractivity contribution in [2.75, 3.05) is 11.9 Å². The smallest absolute Gasteiger partial charge is 0.341 e. The van der Waals surface area contributed by atoms with Crippen molar-refractivity contribution in [3.05, 3.63) is 39.5 Å². The minimum Gasteiger partial charge on any atom is -0.462 e. The number of esters is 1. The molecule has 0 spiro atoms. The normalized spacial score (nSPS) is 13.2. The molecule has 2 aromatic rings. The summed E-state index contributed by atoms with van der Waals surface area (Å²) in [4.78, 5) is 25.8. The highest BCUT2D eigenvalue weighted by atomic mass is 32.1. The lowest BCUT2D eigenvalue weighted by Gasteiger charge is -2.06. The average Bonchev–Trinajstić information content (AvgIpc) is 3.22. The molecule has 2 heterocycles. The topological polar surface area (TPSA) is 73.2 Å². The highest BCUT2D eigenvalue weighted by Gasteiger charge is 2.28. The minimum atomic E-state index is -0.357. The number of aromatic nitrogens is 2. The molecule has 3 rings (SSSR count). The van der Waals surface area contributed by atoms with E-state index in [1.807, 2.05) is 14.0 Å². The summed E-state index contributed by atoms with van der Waals surface area (Å²) in [6.45, 7) is 4.03. The van der Waals surface area contributed by atoms with Crippen molar-refractivity contribution < 1.29 is 14.3 Å². The summed E-state index contributed by atoms with van der Waals surface area (Å²) in [5.41, 5.74) is 3.42. The number of nitrogens with zero attached hydrogens (tertiary/aromatic N) is 2. The molecule has 25 heavy (non-hydrogen) atoms. The number of rotatable bonds is 5. The first-order valence-electron chi connectivity index (χ1n) is 8.30. The van der Waals surface area contributed by atoms with Crippen molar-refractivity contribution in [3.8, 4) is 0 Å². The number of carbonyl (C=O) groups is 2. The standard InChI is InChI=1S/C18H21N3O3S/c1-4-24-18(23)16-13-6-5-7-14(13)25-17(16)20-15(22)9-8-12-10-19-21(3)11(12)2/h8-10H,4-7H2,1-3H3,(H,20,22). The molecule has 0 unspecified atom stereocenters. The van der Waals surface area contributed by atoms with Crippen LogP contribution in [0.15, 0.2) is 12.3 Å². The van der Waals surface area contributed by atoms with Crippen LogP contribution in [0.3, 0.4) is 0 Å². The number of amides is 1. The number of carbonyl (C=O) groups excluding carboxylic acids is 2. The zero-order chi connectivity index (χ0) is 18.0. The average molecular weight is 359 g/mol. The van der Waals surface area contributed by atoms with Gasteiger partial charge in [-0.1, -0.05) is 0 Å². The summed E-state index contributed by atoms with van der Waals surface area (Å²) in [5.74, 6) is -0.627. The molecule has 0 aliphatic heterocycles. The maximum absolute atomic E-state index is 12.3. The molecule has 0 fully saturated rings. The molecule has 2 aromatic heterocycles. The number of nitrogens with one attached hydrogen (secondary N) is 1. The summed E-state index contributed by atoms with van der Waals surface area (Å²) in [6.07, 6.45) is 7.76. The summed E-state index contributed by atoms with van der Waals surface area (Å²) in [6, 6.07) is 0. The second kappa shape index (κ2) is 7.23. The SMILES string of the molecule is CCOC(=O)c1c(NC(=O)C=Cc2cnn(C)c2C)sc2c1CCC2. The molecule has 7 heteroatoms. The monoisotopic (exact) mass is 359 g/mol. The minimum absolute atomic E-state index is 0.270. The Bertz CT molecular complexity index is 848. The molecule has 1 N–H and O–H groups in total. The third-order valence-electron chi connectivity index (χ3n) is 4.33. The van der Waals surface area contributed by atoms with E-state index in [9.17, 15) is 9.59 Å². The van der Waals surface area contributed by atoms with Gasteiger partial charge in [-0.15, -0.1) is 11.3 Å². The zero-order valence-corrected chi connectivity index (χ0v) is 15.4. The highest BCUT2D eigenvalue weighted by molar-refractivity contribution is 7.17. The lowest BCUT2D eigenvalue weighted by molar-refractivity contribution is -0.111. The van der Waals surface area contributed by atoms with Crippen LogP contribution in [-0.4, -0.2) is 28.3 Å². The third kappa shape index (κ3) is 3.51. The van der Waals surface area contributed by atoms with Crippen LogP contribution in [0, 0.1) is 6.92 Å². The lowest BCUT2D eigenvalue weighted by Crippen LogP contribution is -2.13. The number of ether oxygens (including phenoxy) is 1. The summed E-state index contributed by atoms with van der Waals surface area (Å²) in [5, 5.41) is 7.57. The molecule has 0 saturated heterocycles. The fraction of sp³-hybridized carbons (Fsp3) is 0.389. The third-order valence-corrected chi connectivity index (χ3v) is 5.53. The van der Waals surface area contributed by atoms with E-state index >= 15 is 0 Å². The molecule has 6 nitrogen and oxygen atoms in total. The summed E-state index contributed by atoms with van der Waals surface area (Å²) in [7, 11) is 1.85. The van der Waals surface area contributed by atoms with Crippen LogP contribution in [0.25, 0.3) is 6.08 Å². The zero-order valence-electron chi connectivity index (χ0n) is 14.6. The van der Waals surface area contributed by atoms with Gasteiger partial charge in [0.15, 0.2) is 0 Å². The number of hydrogen-bond donors (Lipinski definition) is 1. The fourth-order valence-electron chi connectivity index (χ4n) is 2.91. The Morgan fingerprint density at radius 1 is 1.44 bits per heavy atom. The summed E-state index contributed by atoms with van der Waals surface area (Å²) >= 11 is 1.48. The highest BCUT2D eigenvalue weighted by Crippen LogP contribution is 2.39. The van der Waals surface area contributed by atoms with Gasteiger partial charge in [-0.25, -0.2) is 4.79 Å². The van der Waals surface area contributed by atoms with Crippen molar-refractivity contribution in [2.45, 2.75) is 33.1 Å². The van der Waals surface area contributed by atoms with Gasteiger partial charge in [0.25, 0.3) is 0 Å². The molecule has 0 saturated carbocycles. The van der Waals surface area contributed by atoms with Gasteiger partial charge in [-0.2, -0.15) is 5.10 Å². The van der Waals surface area contributed by atoms with Crippen molar-refractivity contribution in [2.24, 2.45) is 7.05 Å². The molecule has 132 valence electrons. The maximum Gasteiger partial charge on any atom is 0.341 e. The Balaban J connectivity index is 1.79. The number of anilines is 1. The van der Waals surface area contributed by atoms with Gasteiger partial charge in [0, 0.05) is 29.3 Å². The Labute approximate surface area is 150 Å². The van der Waals surface area contributed by atoms with E-state index in [1.54, 1.807) is 23.9 Å². The van der Waals surface area contributed by atoms with Gasteiger partial charge in [-0.05, 0) is 44.7 Å². The van der Waals surface area contributed by atoms with Crippen LogP contribution in [0.1, 0.15) is 45.4 Å². The van der Waals surface area contributed by atoms with E-state index in [0.29, 0.717) is 17.2 Å². The maximum atomic E-state index is 12.3. The molecule has 0 bridgehead atoms. The molecular weight excluding hydrogens is 338 g/mol. The van der Waals surface area contributed by atoms with E-state index < -0.39 is 0 Å².